The van der Waals surface area contributed by atoms with Crippen molar-refractivity contribution in [2.45, 2.75) is 13.3 Å². The van der Waals surface area contributed by atoms with Crippen molar-refractivity contribution in [3.63, 3.8) is 0 Å². The molecular weight excluding hydrogens is 156 g/mol. The van der Waals surface area contributed by atoms with Gasteiger partial charge in [-0.05, 0) is 6.42 Å². The largest absolute Gasteiger partial charge is 0.465 e. The number of methoxy groups -OCH3 is 1. The zero-order valence-corrected chi connectivity index (χ0v) is 7.50. The van der Waals surface area contributed by atoms with Gasteiger partial charge >= 0.3 is 5.97 Å². The smallest absolute Gasteiger partial charge is 0.341 e. The van der Waals surface area contributed by atoms with Gasteiger partial charge in [0.1, 0.15) is 5.56 Å². The lowest BCUT2D eigenvalue weighted by atomic mass is 10.2. The first kappa shape index (κ1) is 8.77. The van der Waals surface area contributed by atoms with Gasteiger partial charge in [-0.1, -0.05) is 6.92 Å². The fourth-order valence-corrected chi connectivity index (χ4v) is 1.16. The van der Waals surface area contributed by atoms with Gasteiger partial charge in [-0.15, -0.1) is 0 Å². The Kier molecular flexibility index (Phi) is 2.47. The number of hydrogen-bond acceptors (Lipinski definition) is 3. The lowest BCUT2D eigenvalue weighted by Gasteiger charge is -2.00. The van der Waals surface area contributed by atoms with E-state index in [2.05, 4.69) is 9.84 Å². The Morgan fingerprint density at radius 3 is 2.92 bits per heavy atom. The lowest BCUT2D eigenvalue weighted by molar-refractivity contribution is 0.0599. The van der Waals surface area contributed by atoms with Crippen molar-refractivity contribution >= 4 is 5.97 Å². The number of ether oxygens (including phenoxy) is 1. The van der Waals surface area contributed by atoms with Crippen LogP contribution in [0.15, 0.2) is 6.20 Å². The van der Waals surface area contributed by atoms with Gasteiger partial charge in [0, 0.05) is 7.05 Å². The molecule has 0 unspecified atom stereocenters. The lowest BCUT2D eigenvalue weighted by Crippen LogP contribution is -2.05. The van der Waals surface area contributed by atoms with Crippen LogP contribution in [0.3, 0.4) is 0 Å². The first-order valence-corrected chi connectivity index (χ1v) is 3.79. The number of carbonyl (C=O) groups excluding carboxylic acids is 1. The summed E-state index contributed by atoms with van der Waals surface area (Å²) in [6, 6.07) is 0. The molecule has 0 radical (unpaired) electrons. The molecule has 0 N–H and O–H groups in total. The third kappa shape index (κ3) is 1.32. The molecule has 0 bridgehead atoms. The average Bonchev–Trinajstić information content (AvgIpc) is 2.45. The molecule has 0 saturated heterocycles. The molecule has 0 aliphatic carbocycles. The number of aryl methyl sites for hydroxylation is 1. The number of esters is 1. The summed E-state index contributed by atoms with van der Waals surface area (Å²) in [5, 5.41) is 3.97. The molecule has 0 spiro atoms. The molecule has 1 rings (SSSR count). The van der Waals surface area contributed by atoms with Crippen molar-refractivity contribution in [1.29, 1.82) is 0 Å². The Morgan fingerprint density at radius 2 is 2.42 bits per heavy atom. The maximum Gasteiger partial charge on any atom is 0.341 e. The van der Waals surface area contributed by atoms with Crippen LogP contribution in [0.25, 0.3) is 0 Å². The molecule has 12 heavy (non-hydrogen) atoms. The van der Waals surface area contributed by atoms with E-state index in [0.29, 0.717) is 5.56 Å². The van der Waals surface area contributed by atoms with Gasteiger partial charge in [-0.2, -0.15) is 5.10 Å². The Balaban J connectivity index is 3.07. The maximum atomic E-state index is 11.1. The minimum Gasteiger partial charge on any atom is -0.465 e. The number of aromatic nitrogens is 2. The third-order valence-electron chi connectivity index (χ3n) is 1.80. The standard InChI is InChI=1S/C8H12N2O2/c1-4-7-6(8(11)12-3)5-9-10(7)2/h5H,4H2,1-3H3. The van der Waals surface area contributed by atoms with Crippen molar-refractivity contribution < 1.29 is 9.53 Å². The van der Waals surface area contributed by atoms with E-state index in [4.69, 9.17) is 0 Å². The highest BCUT2D eigenvalue weighted by Crippen LogP contribution is 2.08. The zero-order chi connectivity index (χ0) is 9.14. The van der Waals surface area contributed by atoms with E-state index >= 15 is 0 Å². The van der Waals surface area contributed by atoms with E-state index in [9.17, 15) is 4.79 Å². The fraction of sp³-hybridized carbons (Fsp3) is 0.500. The SMILES string of the molecule is CCc1c(C(=O)OC)cnn1C. The van der Waals surface area contributed by atoms with E-state index in [0.717, 1.165) is 12.1 Å². The number of nitrogens with zero attached hydrogens (tertiary/aromatic N) is 2. The van der Waals surface area contributed by atoms with E-state index in [1.54, 1.807) is 4.68 Å². The van der Waals surface area contributed by atoms with Gasteiger partial charge in [-0.25, -0.2) is 4.79 Å². The van der Waals surface area contributed by atoms with E-state index in [-0.39, 0.29) is 5.97 Å². The molecular formula is C8H12N2O2. The maximum absolute atomic E-state index is 11.1. The third-order valence-corrected chi connectivity index (χ3v) is 1.80. The summed E-state index contributed by atoms with van der Waals surface area (Å²) >= 11 is 0. The first-order valence-electron chi connectivity index (χ1n) is 3.79. The Morgan fingerprint density at radius 1 is 1.75 bits per heavy atom. The van der Waals surface area contributed by atoms with Crippen molar-refractivity contribution in [3.8, 4) is 0 Å². The average molecular weight is 168 g/mol. The monoisotopic (exact) mass is 168 g/mol. The highest BCUT2D eigenvalue weighted by Gasteiger charge is 2.14. The molecule has 0 aliphatic rings. The van der Waals surface area contributed by atoms with Gasteiger partial charge in [0.25, 0.3) is 0 Å². The normalized spacial score (nSPS) is 9.92. The minimum absolute atomic E-state index is 0.319. The highest BCUT2D eigenvalue weighted by molar-refractivity contribution is 5.90. The fourth-order valence-electron chi connectivity index (χ4n) is 1.16. The first-order chi connectivity index (χ1) is 5.70. The molecule has 0 aromatic carbocycles. The van der Waals surface area contributed by atoms with Gasteiger partial charge in [0.2, 0.25) is 0 Å². The van der Waals surface area contributed by atoms with Gasteiger partial charge < -0.3 is 4.74 Å². The van der Waals surface area contributed by atoms with Crippen LogP contribution in [-0.4, -0.2) is 22.9 Å². The van der Waals surface area contributed by atoms with Crippen LogP contribution in [-0.2, 0) is 18.2 Å². The Hall–Kier alpha value is -1.32. The number of rotatable bonds is 2. The molecule has 0 saturated carbocycles. The van der Waals surface area contributed by atoms with Crippen LogP contribution < -0.4 is 0 Å². The summed E-state index contributed by atoms with van der Waals surface area (Å²) in [6.45, 7) is 1.98. The molecule has 4 nitrogen and oxygen atoms in total. The second-order valence-electron chi connectivity index (χ2n) is 2.47. The van der Waals surface area contributed by atoms with E-state index in [1.165, 1.54) is 13.3 Å². The van der Waals surface area contributed by atoms with Gasteiger partial charge in [-0.3, -0.25) is 4.68 Å². The summed E-state index contributed by atoms with van der Waals surface area (Å²) in [5.74, 6) is -0.319. The van der Waals surface area contributed by atoms with Gasteiger partial charge in [0.15, 0.2) is 0 Å². The highest BCUT2D eigenvalue weighted by atomic mass is 16.5. The van der Waals surface area contributed by atoms with Crippen molar-refractivity contribution in [2.24, 2.45) is 7.05 Å². The molecule has 0 aliphatic heterocycles. The van der Waals surface area contributed by atoms with Crippen LogP contribution in [0.2, 0.25) is 0 Å². The second kappa shape index (κ2) is 3.38. The molecule has 0 fully saturated rings. The van der Waals surface area contributed by atoms with Crippen LogP contribution in [0.1, 0.15) is 23.0 Å². The Labute approximate surface area is 71.1 Å². The minimum atomic E-state index is -0.319. The predicted molar refractivity (Wildman–Crippen MR) is 43.9 cm³/mol. The second-order valence-corrected chi connectivity index (χ2v) is 2.47. The summed E-state index contributed by atoms with van der Waals surface area (Å²) in [5.41, 5.74) is 1.46. The topological polar surface area (TPSA) is 44.1 Å². The van der Waals surface area contributed by atoms with E-state index in [1.807, 2.05) is 14.0 Å². The van der Waals surface area contributed by atoms with Crippen LogP contribution in [0, 0.1) is 0 Å². The Bertz CT molecular complexity index is 291. The summed E-state index contributed by atoms with van der Waals surface area (Å²) in [6.07, 6.45) is 2.31. The van der Waals surface area contributed by atoms with Crippen LogP contribution in [0.5, 0.6) is 0 Å². The summed E-state index contributed by atoms with van der Waals surface area (Å²) < 4.78 is 6.29. The zero-order valence-electron chi connectivity index (χ0n) is 7.50. The van der Waals surface area contributed by atoms with Crippen molar-refractivity contribution in [2.75, 3.05) is 7.11 Å². The van der Waals surface area contributed by atoms with Crippen LogP contribution in [0.4, 0.5) is 0 Å². The van der Waals surface area contributed by atoms with E-state index < -0.39 is 0 Å². The van der Waals surface area contributed by atoms with Gasteiger partial charge in [0.05, 0.1) is 19.0 Å². The number of hydrogen-bond donors (Lipinski definition) is 0. The number of carbonyl (C=O) groups is 1. The quantitative estimate of drug-likeness (QED) is 0.612. The molecule has 66 valence electrons. The molecule has 0 atom stereocenters. The molecule has 0 amide bonds. The summed E-state index contributed by atoms with van der Waals surface area (Å²) in [7, 11) is 3.18. The molecule has 1 aromatic heterocycles. The van der Waals surface area contributed by atoms with Crippen molar-refractivity contribution in [3.05, 3.63) is 17.5 Å². The van der Waals surface area contributed by atoms with Crippen LogP contribution >= 0.6 is 0 Å². The molecule has 4 heteroatoms. The molecule has 1 heterocycles. The predicted octanol–water partition coefficient (Wildman–Crippen LogP) is 0.769. The molecule has 1 aromatic rings. The summed E-state index contributed by atoms with van der Waals surface area (Å²) in [4.78, 5) is 11.1. The van der Waals surface area contributed by atoms with Crippen molar-refractivity contribution in [1.82, 2.24) is 9.78 Å².